The van der Waals surface area contributed by atoms with E-state index in [9.17, 15) is 4.79 Å². The first kappa shape index (κ1) is 14.8. The predicted molar refractivity (Wildman–Crippen MR) is 78.1 cm³/mol. The molecule has 2 aliphatic heterocycles. The van der Waals surface area contributed by atoms with Crippen molar-refractivity contribution in [2.75, 3.05) is 52.4 Å². The number of likely N-dealkylation sites (N-methyl/N-ethyl adjacent to an activating group) is 1. The quantitative estimate of drug-likeness (QED) is 0.767. The molecule has 1 atom stereocenters. The fraction of sp³-hybridized carbons (Fsp3) is 0.933. The van der Waals surface area contributed by atoms with Gasteiger partial charge < -0.3 is 14.7 Å². The molecule has 0 aromatic heterocycles. The van der Waals surface area contributed by atoms with E-state index in [1.165, 1.54) is 25.9 Å². The lowest BCUT2D eigenvalue weighted by atomic mass is 10.0. The van der Waals surface area contributed by atoms with Crippen LogP contribution in [0.4, 0.5) is 0 Å². The number of rotatable bonds is 4. The molecule has 0 bridgehead atoms. The van der Waals surface area contributed by atoms with Gasteiger partial charge in [-0.15, -0.1) is 0 Å². The molecule has 2 fully saturated rings. The zero-order valence-corrected chi connectivity index (χ0v) is 12.6. The highest BCUT2D eigenvalue weighted by Gasteiger charge is 2.21. The molecule has 4 heteroatoms. The molecule has 1 unspecified atom stereocenters. The van der Waals surface area contributed by atoms with Gasteiger partial charge in [-0.3, -0.25) is 4.79 Å². The summed E-state index contributed by atoms with van der Waals surface area (Å²) in [6.07, 6.45) is 3.35. The van der Waals surface area contributed by atoms with Gasteiger partial charge in [-0.05, 0) is 31.8 Å². The second-order valence-corrected chi connectivity index (χ2v) is 6.11. The summed E-state index contributed by atoms with van der Waals surface area (Å²) in [6, 6.07) is 0. The molecule has 2 rings (SSSR count). The zero-order valence-electron chi connectivity index (χ0n) is 12.6. The van der Waals surface area contributed by atoms with Crippen molar-refractivity contribution in [3.63, 3.8) is 0 Å². The molecule has 0 saturated carbocycles. The van der Waals surface area contributed by atoms with E-state index < -0.39 is 0 Å². The smallest absolute Gasteiger partial charge is 0.223 e. The maximum absolute atomic E-state index is 12.2. The maximum atomic E-state index is 12.2. The summed E-state index contributed by atoms with van der Waals surface area (Å²) in [5.41, 5.74) is 0. The number of hydrogen-bond acceptors (Lipinski definition) is 3. The molecule has 0 aromatic rings. The summed E-state index contributed by atoms with van der Waals surface area (Å²) in [6.45, 7) is 12.9. The molecule has 1 amide bonds. The summed E-state index contributed by atoms with van der Waals surface area (Å²) in [7, 11) is 0. The lowest BCUT2D eigenvalue weighted by Gasteiger charge is -2.35. The third-order valence-electron chi connectivity index (χ3n) is 4.56. The number of nitrogens with zero attached hydrogens (tertiary/aromatic N) is 3. The average molecular weight is 267 g/mol. The van der Waals surface area contributed by atoms with Gasteiger partial charge in [0, 0.05) is 45.7 Å². The van der Waals surface area contributed by atoms with Crippen LogP contribution in [0.2, 0.25) is 0 Å². The van der Waals surface area contributed by atoms with Crippen LogP contribution in [-0.2, 0) is 4.79 Å². The largest absolute Gasteiger partial charge is 0.340 e. The van der Waals surface area contributed by atoms with Crippen molar-refractivity contribution >= 4 is 5.91 Å². The summed E-state index contributed by atoms with van der Waals surface area (Å²) >= 11 is 0. The number of hydrogen-bond donors (Lipinski definition) is 0. The maximum Gasteiger partial charge on any atom is 0.223 e. The number of likely N-dealkylation sites (tertiary alicyclic amines) is 1. The van der Waals surface area contributed by atoms with E-state index in [1.807, 2.05) is 0 Å². The van der Waals surface area contributed by atoms with Crippen LogP contribution in [0.5, 0.6) is 0 Å². The van der Waals surface area contributed by atoms with Gasteiger partial charge in [-0.25, -0.2) is 0 Å². The minimum atomic E-state index is 0.356. The number of carbonyl (C=O) groups is 1. The number of piperidine rings is 1. The van der Waals surface area contributed by atoms with Gasteiger partial charge in [0.2, 0.25) is 5.91 Å². The van der Waals surface area contributed by atoms with E-state index in [4.69, 9.17) is 0 Å². The summed E-state index contributed by atoms with van der Waals surface area (Å²) in [5.74, 6) is 1.16. The first-order valence-electron chi connectivity index (χ1n) is 7.91. The second kappa shape index (κ2) is 7.25. The van der Waals surface area contributed by atoms with Crippen LogP contribution in [0.1, 0.15) is 33.1 Å². The van der Waals surface area contributed by atoms with Gasteiger partial charge in [-0.1, -0.05) is 13.8 Å². The first-order valence-corrected chi connectivity index (χ1v) is 7.91. The molecule has 110 valence electrons. The minimum Gasteiger partial charge on any atom is -0.340 e. The number of amides is 1. The fourth-order valence-electron chi connectivity index (χ4n) is 3.22. The topological polar surface area (TPSA) is 26.8 Å². The Morgan fingerprint density at radius 3 is 2.47 bits per heavy atom. The molecule has 0 N–H and O–H groups in total. The summed E-state index contributed by atoms with van der Waals surface area (Å²) in [5, 5.41) is 0. The SMILES string of the molecule is CCN1CCN(C(=O)CCN2CCCC(C)C2)CC1. The molecule has 0 aromatic carbocycles. The van der Waals surface area contributed by atoms with Crippen molar-refractivity contribution in [1.29, 1.82) is 0 Å². The van der Waals surface area contributed by atoms with Gasteiger partial charge in [-0.2, -0.15) is 0 Å². The van der Waals surface area contributed by atoms with Gasteiger partial charge in [0.25, 0.3) is 0 Å². The zero-order chi connectivity index (χ0) is 13.7. The highest BCUT2D eigenvalue weighted by molar-refractivity contribution is 5.76. The van der Waals surface area contributed by atoms with E-state index in [2.05, 4.69) is 28.5 Å². The second-order valence-electron chi connectivity index (χ2n) is 6.11. The first-order chi connectivity index (χ1) is 9.19. The normalized spacial score (nSPS) is 26.6. The third-order valence-corrected chi connectivity index (χ3v) is 4.56. The van der Waals surface area contributed by atoms with E-state index in [-0.39, 0.29) is 0 Å². The molecule has 4 nitrogen and oxygen atoms in total. The van der Waals surface area contributed by atoms with Crippen LogP contribution in [0.25, 0.3) is 0 Å². The molecule has 19 heavy (non-hydrogen) atoms. The van der Waals surface area contributed by atoms with E-state index in [0.717, 1.165) is 45.2 Å². The van der Waals surface area contributed by atoms with Gasteiger partial charge in [0.05, 0.1) is 0 Å². The minimum absolute atomic E-state index is 0.356. The Morgan fingerprint density at radius 2 is 1.84 bits per heavy atom. The lowest BCUT2D eigenvalue weighted by Crippen LogP contribution is -2.49. The van der Waals surface area contributed by atoms with Crippen LogP contribution < -0.4 is 0 Å². The molecule has 2 heterocycles. The van der Waals surface area contributed by atoms with E-state index in [1.54, 1.807) is 0 Å². The van der Waals surface area contributed by atoms with Gasteiger partial charge >= 0.3 is 0 Å². The van der Waals surface area contributed by atoms with Crippen molar-refractivity contribution in [2.45, 2.75) is 33.1 Å². The van der Waals surface area contributed by atoms with Gasteiger partial charge in [0.1, 0.15) is 0 Å². The number of carbonyl (C=O) groups excluding carboxylic acids is 1. The molecular weight excluding hydrogens is 238 g/mol. The number of piperazine rings is 1. The van der Waals surface area contributed by atoms with E-state index in [0.29, 0.717) is 12.3 Å². The average Bonchev–Trinajstić information content (AvgIpc) is 2.45. The van der Waals surface area contributed by atoms with Crippen molar-refractivity contribution in [3.8, 4) is 0 Å². The van der Waals surface area contributed by atoms with Crippen molar-refractivity contribution in [3.05, 3.63) is 0 Å². The van der Waals surface area contributed by atoms with Crippen LogP contribution >= 0.6 is 0 Å². The highest BCUT2D eigenvalue weighted by atomic mass is 16.2. The highest BCUT2D eigenvalue weighted by Crippen LogP contribution is 2.15. The van der Waals surface area contributed by atoms with Crippen LogP contribution in [0.3, 0.4) is 0 Å². The Labute approximate surface area is 117 Å². The van der Waals surface area contributed by atoms with Crippen molar-refractivity contribution < 1.29 is 4.79 Å². The molecule has 0 spiro atoms. The van der Waals surface area contributed by atoms with Crippen molar-refractivity contribution in [2.24, 2.45) is 5.92 Å². The Hall–Kier alpha value is -0.610. The Bertz CT molecular complexity index is 287. The van der Waals surface area contributed by atoms with Crippen LogP contribution in [0, 0.1) is 5.92 Å². The fourth-order valence-corrected chi connectivity index (χ4v) is 3.22. The van der Waals surface area contributed by atoms with Crippen LogP contribution in [0.15, 0.2) is 0 Å². The Balaban J connectivity index is 1.67. The van der Waals surface area contributed by atoms with Gasteiger partial charge in [0.15, 0.2) is 0 Å². The monoisotopic (exact) mass is 267 g/mol. The predicted octanol–water partition coefficient (Wildman–Crippen LogP) is 1.27. The molecule has 0 aliphatic carbocycles. The Morgan fingerprint density at radius 1 is 1.11 bits per heavy atom. The molecule has 0 radical (unpaired) electrons. The summed E-state index contributed by atoms with van der Waals surface area (Å²) < 4.78 is 0. The van der Waals surface area contributed by atoms with Crippen LogP contribution in [-0.4, -0.2) is 73.0 Å². The van der Waals surface area contributed by atoms with E-state index >= 15 is 0 Å². The third kappa shape index (κ3) is 4.46. The summed E-state index contributed by atoms with van der Waals surface area (Å²) in [4.78, 5) is 19.1. The molecular formula is C15H29N3O. The molecule has 2 aliphatic rings. The lowest BCUT2D eigenvalue weighted by molar-refractivity contribution is -0.133. The molecule has 2 saturated heterocycles. The standard InChI is InChI=1S/C15H29N3O/c1-3-16-9-11-18(12-10-16)15(19)6-8-17-7-4-5-14(2)13-17/h14H,3-13H2,1-2H3. The van der Waals surface area contributed by atoms with Crippen molar-refractivity contribution in [1.82, 2.24) is 14.7 Å². The Kier molecular flexibility index (Phi) is 5.64.